The summed E-state index contributed by atoms with van der Waals surface area (Å²) in [6.45, 7) is 0. The van der Waals surface area contributed by atoms with Crippen LogP contribution in [-0.4, -0.2) is 21.4 Å². The molecule has 0 bridgehead atoms. The molecule has 1 aliphatic heterocycles. The monoisotopic (exact) mass is 302 g/mol. The van der Waals surface area contributed by atoms with Crippen molar-refractivity contribution in [2.45, 2.75) is 6.42 Å². The molecule has 0 unspecified atom stereocenters. The molecular weight excluding hydrogens is 288 g/mol. The highest BCUT2D eigenvalue weighted by Gasteiger charge is 2.17. The summed E-state index contributed by atoms with van der Waals surface area (Å²) < 4.78 is 0. The Bertz CT molecular complexity index is 860. The van der Waals surface area contributed by atoms with E-state index in [1.807, 2.05) is 48.5 Å². The molecule has 0 radical (unpaired) electrons. The topological polar surface area (TPSA) is 75.1 Å². The Kier molecular flexibility index (Phi) is 3.40. The van der Waals surface area contributed by atoms with Crippen molar-refractivity contribution < 1.29 is 0 Å². The van der Waals surface area contributed by atoms with Crippen molar-refractivity contribution in [2.75, 3.05) is 10.7 Å². The Balaban J connectivity index is 1.51. The first-order valence-electron chi connectivity index (χ1n) is 7.31. The third kappa shape index (κ3) is 2.87. The molecule has 112 valence electrons. The van der Waals surface area contributed by atoms with E-state index in [-0.39, 0.29) is 0 Å². The fraction of sp³-hybridized carbons (Fsp3) is 0.0588. The van der Waals surface area contributed by atoms with Crippen molar-refractivity contribution in [3.63, 3.8) is 0 Å². The van der Waals surface area contributed by atoms with Gasteiger partial charge in [-0.1, -0.05) is 48.5 Å². The predicted octanol–water partition coefficient (Wildman–Crippen LogP) is 2.97. The summed E-state index contributed by atoms with van der Waals surface area (Å²) in [6.07, 6.45) is 2.44. The maximum absolute atomic E-state index is 4.43. The van der Waals surface area contributed by atoms with Gasteiger partial charge in [-0.25, -0.2) is 5.43 Å². The SMILES string of the molecule is C(=N\Nc1nnc2c(n1)Nc1ccccc1C2)/c1ccccc1. The van der Waals surface area contributed by atoms with Crippen LogP contribution in [0.5, 0.6) is 0 Å². The molecule has 0 aliphatic carbocycles. The van der Waals surface area contributed by atoms with Crippen LogP contribution < -0.4 is 10.7 Å². The second-order valence-electron chi connectivity index (χ2n) is 5.17. The Morgan fingerprint density at radius 2 is 1.83 bits per heavy atom. The lowest BCUT2D eigenvalue weighted by molar-refractivity contribution is 0.887. The van der Waals surface area contributed by atoms with Crippen LogP contribution in [0.2, 0.25) is 0 Å². The van der Waals surface area contributed by atoms with Gasteiger partial charge in [-0.2, -0.15) is 10.1 Å². The molecule has 0 amide bonds. The fourth-order valence-corrected chi connectivity index (χ4v) is 2.42. The van der Waals surface area contributed by atoms with Crippen LogP contribution in [0.3, 0.4) is 0 Å². The van der Waals surface area contributed by atoms with Crippen molar-refractivity contribution >= 4 is 23.7 Å². The quantitative estimate of drug-likeness (QED) is 0.449. The first-order chi connectivity index (χ1) is 11.4. The number of benzene rings is 2. The third-order valence-electron chi connectivity index (χ3n) is 3.56. The minimum Gasteiger partial charge on any atom is -0.338 e. The molecule has 4 rings (SSSR count). The third-order valence-corrected chi connectivity index (χ3v) is 3.56. The molecule has 2 aromatic carbocycles. The maximum Gasteiger partial charge on any atom is 0.265 e. The van der Waals surface area contributed by atoms with Crippen LogP contribution in [0.15, 0.2) is 59.7 Å². The van der Waals surface area contributed by atoms with Gasteiger partial charge in [0.25, 0.3) is 5.95 Å². The van der Waals surface area contributed by atoms with E-state index in [1.165, 1.54) is 5.56 Å². The lowest BCUT2D eigenvalue weighted by Gasteiger charge is -2.18. The summed E-state index contributed by atoms with van der Waals surface area (Å²) in [5.41, 5.74) is 6.89. The maximum atomic E-state index is 4.43. The van der Waals surface area contributed by atoms with E-state index in [0.717, 1.165) is 29.2 Å². The normalized spacial score (nSPS) is 12.3. The highest BCUT2D eigenvalue weighted by molar-refractivity contribution is 5.79. The van der Waals surface area contributed by atoms with Gasteiger partial charge in [-0.15, -0.1) is 10.2 Å². The van der Waals surface area contributed by atoms with E-state index in [0.29, 0.717) is 5.95 Å². The van der Waals surface area contributed by atoms with Crippen LogP contribution in [0.4, 0.5) is 17.5 Å². The Labute approximate surface area is 133 Å². The van der Waals surface area contributed by atoms with E-state index in [4.69, 9.17) is 0 Å². The molecule has 0 spiro atoms. The average molecular weight is 302 g/mol. The Morgan fingerprint density at radius 3 is 2.74 bits per heavy atom. The van der Waals surface area contributed by atoms with Gasteiger partial charge >= 0.3 is 0 Å². The van der Waals surface area contributed by atoms with Gasteiger partial charge in [0.1, 0.15) is 5.69 Å². The van der Waals surface area contributed by atoms with Crippen molar-refractivity contribution in [2.24, 2.45) is 5.10 Å². The molecule has 23 heavy (non-hydrogen) atoms. The van der Waals surface area contributed by atoms with Gasteiger partial charge in [0, 0.05) is 12.1 Å². The molecular formula is C17H14N6. The van der Waals surface area contributed by atoms with E-state index in [2.05, 4.69) is 37.1 Å². The molecule has 3 aromatic rings. The molecule has 6 heteroatoms. The zero-order valence-electron chi connectivity index (χ0n) is 12.3. The second kappa shape index (κ2) is 5.84. The Hall–Kier alpha value is -3.28. The molecule has 2 N–H and O–H groups in total. The van der Waals surface area contributed by atoms with Crippen LogP contribution in [0.25, 0.3) is 0 Å². The van der Waals surface area contributed by atoms with Gasteiger partial charge in [0.05, 0.1) is 6.21 Å². The van der Waals surface area contributed by atoms with Crippen molar-refractivity contribution in [1.82, 2.24) is 15.2 Å². The smallest absolute Gasteiger partial charge is 0.265 e. The highest BCUT2D eigenvalue weighted by Crippen LogP contribution is 2.29. The number of hydrogen-bond acceptors (Lipinski definition) is 6. The van der Waals surface area contributed by atoms with Crippen LogP contribution in [0, 0.1) is 0 Å². The first kappa shape index (κ1) is 13.4. The molecule has 0 saturated heterocycles. The molecule has 0 fully saturated rings. The lowest BCUT2D eigenvalue weighted by Crippen LogP contribution is -2.13. The number of hydrogen-bond donors (Lipinski definition) is 2. The second-order valence-corrected chi connectivity index (χ2v) is 5.17. The summed E-state index contributed by atoms with van der Waals surface area (Å²) in [5.74, 6) is 1.08. The van der Waals surface area contributed by atoms with Crippen LogP contribution in [0.1, 0.15) is 16.8 Å². The largest absolute Gasteiger partial charge is 0.338 e. The molecule has 2 heterocycles. The number of hydrazone groups is 1. The predicted molar refractivity (Wildman–Crippen MR) is 90.0 cm³/mol. The number of para-hydroxylation sites is 1. The van der Waals surface area contributed by atoms with Gasteiger partial charge in [-0.3, -0.25) is 0 Å². The zero-order chi connectivity index (χ0) is 15.5. The summed E-state index contributed by atoms with van der Waals surface area (Å²) in [6, 6.07) is 17.9. The van der Waals surface area contributed by atoms with Crippen molar-refractivity contribution in [3.05, 3.63) is 71.4 Å². The standard InChI is InChI=1S/C17H14N6/c1-2-6-12(7-3-1)11-18-22-17-20-16-15(21-23-17)10-13-8-4-5-9-14(13)19-16/h1-9,11H,10H2,(H2,19,20,22,23)/b18-11+. The first-order valence-corrected chi connectivity index (χ1v) is 7.31. The lowest BCUT2D eigenvalue weighted by atomic mass is 10.0. The molecule has 1 aromatic heterocycles. The summed E-state index contributed by atoms with van der Waals surface area (Å²) in [7, 11) is 0. The minimum absolute atomic E-state index is 0.364. The van der Waals surface area contributed by atoms with Gasteiger partial charge < -0.3 is 5.32 Å². The number of nitrogens with one attached hydrogen (secondary N) is 2. The molecule has 6 nitrogen and oxygen atoms in total. The number of anilines is 3. The van der Waals surface area contributed by atoms with Gasteiger partial charge in [-0.05, 0) is 17.2 Å². The number of rotatable bonds is 3. The van der Waals surface area contributed by atoms with Gasteiger partial charge in [0.2, 0.25) is 0 Å². The highest BCUT2D eigenvalue weighted by atomic mass is 15.4. The minimum atomic E-state index is 0.364. The molecule has 0 saturated carbocycles. The van der Waals surface area contributed by atoms with E-state index < -0.39 is 0 Å². The molecule has 0 atom stereocenters. The van der Waals surface area contributed by atoms with Crippen LogP contribution >= 0.6 is 0 Å². The Morgan fingerprint density at radius 1 is 1.00 bits per heavy atom. The van der Waals surface area contributed by atoms with Crippen LogP contribution in [-0.2, 0) is 6.42 Å². The molecule has 1 aliphatic rings. The number of aromatic nitrogens is 3. The summed E-state index contributed by atoms with van der Waals surface area (Å²) in [4.78, 5) is 4.43. The fourth-order valence-electron chi connectivity index (χ4n) is 2.42. The van der Waals surface area contributed by atoms with E-state index in [1.54, 1.807) is 6.21 Å². The zero-order valence-corrected chi connectivity index (χ0v) is 12.3. The van der Waals surface area contributed by atoms with Gasteiger partial charge in [0.15, 0.2) is 5.82 Å². The summed E-state index contributed by atoms with van der Waals surface area (Å²) >= 11 is 0. The van der Waals surface area contributed by atoms with E-state index in [9.17, 15) is 0 Å². The summed E-state index contributed by atoms with van der Waals surface area (Å²) in [5, 5.41) is 15.7. The van der Waals surface area contributed by atoms with Crippen molar-refractivity contribution in [3.8, 4) is 0 Å². The van der Waals surface area contributed by atoms with E-state index >= 15 is 0 Å². The average Bonchev–Trinajstić information content (AvgIpc) is 2.61. The number of nitrogens with zero attached hydrogens (tertiary/aromatic N) is 4. The number of fused-ring (bicyclic) bond motifs is 2. The van der Waals surface area contributed by atoms with Crippen molar-refractivity contribution in [1.29, 1.82) is 0 Å².